The molecule has 1 aromatic heterocycles. The molecule has 0 aliphatic rings. The third kappa shape index (κ3) is 3.40. The molecule has 0 spiro atoms. The molecule has 4 aromatic rings. The van der Waals surface area contributed by atoms with Crippen LogP contribution < -0.4 is 14.8 Å². The number of carbonyl (C=O) groups is 1. The number of carbonyl (C=O) groups excluding carboxylic acids is 1. The van der Waals surface area contributed by atoms with Crippen molar-refractivity contribution in [1.29, 1.82) is 0 Å². The summed E-state index contributed by atoms with van der Waals surface area (Å²) in [6.07, 6.45) is 0. The molecule has 4 rings (SSSR count). The van der Waals surface area contributed by atoms with Crippen molar-refractivity contribution in [2.45, 2.75) is 0 Å². The first-order valence-corrected chi connectivity index (χ1v) is 8.76. The number of aromatic nitrogens is 2. The van der Waals surface area contributed by atoms with E-state index in [-0.39, 0.29) is 5.91 Å². The standard InChI is InChI=1S/C22H19N3O3/c1-27-19-11-10-15(13-20(19)28-2)22(26)23-16-7-5-6-14(12-16)21-24-17-8-3-4-9-18(17)25-21/h3-13H,1-2H3,(H,23,26)(H,24,25). The number of para-hydroxylation sites is 2. The van der Waals surface area contributed by atoms with Crippen LogP contribution in [0.4, 0.5) is 5.69 Å². The van der Waals surface area contributed by atoms with Crippen molar-refractivity contribution in [2.75, 3.05) is 19.5 Å². The fraction of sp³-hybridized carbons (Fsp3) is 0.0909. The molecule has 0 bridgehead atoms. The fourth-order valence-corrected chi connectivity index (χ4v) is 3.01. The van der Waals surface area contributed by atoms with E-state index in [1.807, 2.05) is 48.5 Å². The molecule has 6 heteroatoms. The highest BCUT2D eigenvalue weighted by Crippen LogP contribution is 2.28. The lowest BCUT2D eigenvalue weighted by atomic mass is 10.1. The van der Waals surface area contributed by atoms with Crippen LogP contribution in [0.1, 0.15) is 10.4 Å². The number of hydrogen-bond donors (Lipinski definition) is 2. The van der Waals surface area contributed by atoms with Gasteiger partial charge in [-0.05, 0) is 42.5 Å². The minimum Gasteiger partial charge on any atom is -0.493 e. The summed E-state index contributed by atoms with van der Waals surface area (Å²) in [4.78, 5) is 20.5. The molecule has 1 amide bonds. The Bertz CT molecular complexity index is 1120. The van der Waals surface area contributed by atoms with E-state index in [9.17, 15) is 4.79 Å². The normalized spacial score (nSPS) is 10.6. The Kier molecular flexibility index (Phi) is 4.68. The molecule has 28 heavy (non-hydrogen) atoms. The molecule has 1 heterocycles. The van der Waals surface area contributed by atoms with Gasteiger partial charge in [-0.3, -0.25) is 4.79 Å². The molecule has 0 saturated carbocycles. The van der Waals surface area contributed by atoms with Gasteiger partial charge in [-0.15, -0.1) is 0 Å². The molecule has 0 aliphatic carbocycles. The number of imidazole rings is 1. The van der Waals surface area contributed by atoms with Crippen LogP contribution in [0.3, 0.4) is 0 Å². The second-order valence-electron chi connectivity index (χ2n) is 6.21. The molecule has 3 aromatic carbocycles. The number of fused-ring (bicyclic) bond motifs is 1. The van der Waals surface area contributed by atoms with Crippen molar-refractivity contribution < 1.29 is 14.3 Å². The van der Waals surface area contributed by atoms with Gasteiger partial charge in [0.25, 0.3) is 5.91 Å². The fourth-order valence-electron chi connectivity index (χ4n) is 3.01. The van der Waals surface area contributed by atoms with Gasteiger partial charge in [0.15, 0.2) is 11.5 Å². The maximum absolute atomic E-state index is 12.6. The zero-order valence-corrected chi connectivity index (χ0v) is 15.5. The van der Waals surface area contributed by atoms with Crippen LogP contribution in [0, 0.1) is 0 Å². The maximum Gasteiger partial charge on any atom is 0.255 e. The zero-order chi connectivity index (χ0) is 19.5. The Morgan fingerprint density at radius 1 is 0.929 bits per heavy atom. The smallest absolute Gasteiger partial charge is 0.255 e. The third-order valence-corrected chi connectivity index (χ3v) is 4.43. The average Bonchev–Trinajstić information content (AvgIpc) is 3.17. The molecule has 0 atom stereocenters. The molecule has 0 saturated heterocycles. The van der Waals surface area contributed by atoms with Crippen LogP contribution in [-0.2, 0) is 0 Å². The molecular weight excluding hydrogens is 354 g/mol. The summed E-state index contributed by atoms with van der Waals surface area (Å²) >= 11 is 0. The van der Waals surface area contributed by atoms with E-state index >= 15 is 0 Å². The van der Waals surface area contributed by atoms with Crippen molar-refractivity contribution in [3.63, 3.8) is 0 Å². The number of amides is 1. The molecule has 6 nitrogen and oxygen atoms in total. The van der Waals surface area contributed by atoms with Gasteiger partial charge in [-0.25, -0.2) is 4.98 Å². The number of nitrogens with zero attached hydrogens (tertiary/aromatic N) is 1. The molecule has 0 unspecified atom stereocenters. The van der Waals surface area contributed by atoms with Crippen molar-refractivity contribution >= 4 is 22.6 Å². The minimum atomic E-state index is -0.234. The van der Waals surface area contributed by atoms with Crippen molar-refractivity contribution in [3.8, 4) is 22.9 Å². The molecular formula is C22H19N3O3. The summed E-state index contributed by atoms with van der Waals surface area (Å²) < 4.78 is 10.5. The predicted molar refractivity (Wildman–Crippen MR) is 109 cm³/mol. The SMILES string of the molecule is COc1ccc(C(=O)Nc2cccc(-c3nc4ccccc4[nH]3)c2)cc1OC. The maximum atomic E-state index is 12.6. The van der Waals surface area contributed by atoms with Crippen LogP contribution in [0.5, 0.6) is 11.5 Å². The third-order valence-electron chi connectivity index (χ3n) is 4.43. The Morgan fingerprint density at radius 3 is 2.54 bits per heavy atom. The quantitative estimate of drug-likeness (QED) is 0.540. The van der Waals surface area contributed by atoms with E-state index in [0.29, 0.717) is 22.7 Å². The molecule has 0 fully saturated rings. The van der Waals surface area contributed by atoms with Crippen molar-refractivity contribution in [3.05, 3.63) is 72.3 Å². The van der Waals surface area contributed by atoms with Gasteiger partial charge in [0.2, 0.25) is 0 Å². The van der Waals surface area contributed by atoms with E-state index < -0.39 is 0 Å². The molecule has 0 aliphatic heterocycles. The van der Waals surface area contributed by atoms with Gasteiger partial charge >= 0.3 is 0 Å². The summed E-state index contributed by atoms with van der Waals surface area (Å²) in [5.74, 6) is 1.60. The van der Waals surface area contributed by atoms with E-state index in [1.165, 1.54) is 7.11 Å². The van der Waals surface area contributed by atoms with E-state index in [4.69, 9.17) is 9.47 Å². The Morgan fingerprint density at radius 2 is 1.75 bits per heavy atom. The first-order valence-electron chi connectivity index (χ1n) is 8.76. The first-order chi connectivity index (χ1) is 13.7. The second-order valence-corrected chi connectivity index (χ2v) is 6.21. The molecule has 2 N–H and O–H groups in total. The van der Waals surface area contributed by atoms with Gasteiger partial charge in [-0.2, -0.15) is 0 Å². The number of aromatic amines is 1. The number of H-pyrrole nitrogens is 1. The lowest BCUT2D eigenvalue weighted by Crippen LogP contribution is -2.12. The number of rotatable bonds is 5. The monoisotopic (exact) mass is 373 g/mol. The zero-order valence-electron chi connectivity index (χ0n) is 15.5. The Hall–Kier alpha value is -3.80. The topological polar surface area (TPSA) is 76.2 Å². The van der Waals surface area contributed by atoms with E-state index in [2.05, 4.69) is 15.3 Å². The van der Waals surface area contributed by atoms with Crippen LogP contribution in [0.2, 0.25) is 0 Å². The van der Waals surface area contributed by atoms with Gasteiger partial charge in [-0.1, -0.05) is 24.3 Å². The average molecular weight is 373 g/mol. The van der Waals surface area contributed by atoms with Crippen LogP contribution in [-0.4, -0.2) is 30.1 Å². The van der Waals surface area contributed by atoms with Gasteiger partial charge in [0.1, 0.15) is 5.82 Å². The predicted octanol–water partition coefficient (Wildman–Crippen LogP) is 4.50. The second kappa shape index (κ2) is 7.44. The number of methoxy groups -OCH3 is 2. The number of hydrogen-bond acceptors (Lipinski definition) is 4. The highest BCUT2D eigenvalue weighted by molar-refractivity contribution is 6.05. The van der Waals surface area contributed by atoms with Crippen LogP contribution >= 0.6 is 0 Å². The van der Waals surface area contributed by atoms with Crippen molar-refractivity contribution in [2.24, 2.45) is 0 Å². The Labute approximate surface area is 162 Å². The van der Waals surface area contributed by atoms with Gasteiger partial charge in [0, 0.05) is 16.8 Å². The van der Waals surface area contributed by atoms with Crippen LogP contribution in [0.25, 0.3) is 22.4 Å². The molecule has 0 radical (unpaired) electrons. The number of nitrogens with one attached hydrogen (secondary N) is 2. The summed E-state index contributed by atoms with van der Waals surface area (Å²) in [7, 11) is 3.09. The van der Waals surface area contributed by atoms with Crippen LogP contribution in [0.15, 0.2) is 66.7 Å². The minimum absolute atomic E-state index is 0.234. The lowest BCUT2D eigenvalue weighted by molar-refractivity contribution is 0.102. The van der Waals surface area contributed by atoms with Gasteiger partial charge < -0.3 is 19.8 Å². The highest BCUT2D eigenvalue weighted by atomic mass is 16.5. The highest BCUT2D eigenvalue weighted by Gasteiger charge is 2.12. The first kappa shape index (κ1) is 17.6. The van der Waals surface area contributed by atoms with E-state index in [0.717, 1.165) is 22.4 Å². The number of benzene rings is 3. The van der Waals surface area contributed by atoms with Crippen molar-refractivity contribution in [1.82, 2.24) is 9.97 Å². The largest absolute Gasteiger partial charge is 0.493 e. The summed E-state index contributed by atoms with van der Waals surface area (Å²) in [5, 5.41) is 2.91. The Balaban J connectivity index is 1.59. The lowest BCUT2D eigenvalue weighted by Gasteiger charge is -2.10. The molecule has 140 valence electrons. The number of anilines is 1. The summed E-state index contributed by atoms with van der Waals surface area (Å²) in [6.45, 7) is 0. The summed E-state index contributed by atoms with van der Waals surface area (Å²) in [5.41, 5.74) is 3.92. The summed E-state index contributed by atoms with van der Waals surface area (Å²) in [6, 6.07) is 20.5. The van der Waals surface area contributed by atoms with Gasteiger partial charge in [0.05, 0.1) is 25.3 Å². The number of ether oxygens (including phenoxy) is 2. The van der Waals surface area contributed by atoms with E-state index in [1.54, 1.807) is 25.3 Å².